The summed E-state index contributed by atoms with van der Waals surface area (Å²) in [7, 11) is 1.83. The monoisotopic (exact) mass is 124 g/mol. The van der Waals surface area contributed by atoms with E-state index < -0.39 is 0 Å². The van der Waals surface area contributed by atoms with E-state index in [4.69, 9.17) is 5.73 Å². The van der Waals surface area contributed by atoms with Crippen molar-refractivity contribution in [3.05, 3.63) is 36.7 Å². The molecular formula is C7H12N2. The lowest BCUT2D eigenvalue weighted by Crippen LogP contribution is -2.02. The van der Waals surface area contributed by atoms with Crippen LogP contribution in [0.15, 0.2) is 36.7 Å². The van der Waals surface area contributed by atoms with E-state index in [2.05, 4.69) is 11.9 Å². The zero-order valence-electron chi connectivity index (χ0n) is 5.59. The maximum atomic E-state index is 5.14. The Morgan fingerprint density at radius 3 is 2.67 bits per heavy atom. The molecule has 3 N–H and O–H groups in total. The molecule has 2 heteroatoms. The van der Waals surface area contributed by atoms with Crippen molar-refractivity contribution in [2.75, 3.05) is 7.05 Å². The normalized spacial score (nSPS) is 11.9. The maximum absolute atomic E-state index is 5.14. The highest BCUT2D eigenvalue weighted by Crippen LogP contribution is 1.87. The molecule has 0 aromatic rings. The molecule has 0 aliphatic rings. The van der Waals surface area contributed by atoms with Gasteiger partial charge in [-0.05, 0) is 18.4 Å². The number of hydrogen-bond acceptors (Lipinski definition) is 2. The lowest BCUT2D eigenvalue weighted by molar-refractivity contribution is 1.03. The first-order valence-electron chi connectivity index (χ1n) is 2.74. The van der Waals surface area contributed by atoms with Crippen LogP contribution in [-0.4, -0.2) is 7.05 Å². The Hall–Kier alpha value is -1.18. The third kappa shape index (κ3) is 3.41. The van der Waals surface area contributed by atoms with Gasteiger partial charge >= 0.3 is 0 Å². The van der Waals surface area contributed by atoms with E-state index in [0.29, 0.717) is 0 Å². The zero-order valence-corrected chi connectivity index (χ0v) is 5.59. The summed E-state index contributed by atoms with van der Waals surface area (Å²) in [6.45, 7) is 3.54. The van der Waals surface area contributed by atoms with E-state index in [9.17, 15) is 0 Å². The Bertz CT molecular complexity index is 134. The molecule has 0 aromatic carbocycles. The predicted molar refractivity (Wildman–Crippen MR) is 40.7 cm³/mol. The fourth-order valence-electron chi connectivity index (χ4n) is 0.453. The Kier molecular flexibility index (Phi) is 4.32. The second kappa shape index (κ2) is 4.97. The third-order valence-corrected chi connectivity index (χ3v) is 0.862. The summed E-state index contributed by atoms with van der Waals surface area (Å²) >= 11 is 0. The highest BCUT2D eigenvalue weighted by atomic mass is 14.8. The number of hydrogen-bond donors (Lipinski definition) is 2. The van der Waals surface area contributed by atoms with Crippen molar-refractivity contribution >= 4 is 0 Å². The van der Waals surface area contributed by atoms with Gasteiger partial charge in [-0.1, -0.05) is 12.7 Å². The maximum Gasteiger partial charge on any atom is 0.0351 e. The number of allylic oxidation sites excluding steroid dienone is 3. The van der Waals surface area contributed by atoms with Crippen LogP contribution in [0.1, 0.15) is 0 Å². The van der Waals surface area contributed by atoms with Crippen LogP contribution in [0.5, 0.6) is 0 Å². The van der Waals surface area contributed by atoms with Crippen molar-refractivity contribution in [2.45, 2.75) is 0 Å². The SMILES string of the molecule is C=C/C=C(\C=C/N)NC. The minimum absolute atomic E-state index is 0.951. The topological polar surface area (TPSA) is 38.0 Å². The van der Waals surface area contributed by atoms with Crippen molar-refractivity contribution in [1.29, 1.82) is 0 Å². The predicted octanol–water partition coefficient (Wildman–Crippen LogP) is 0.748. The largest absolute Gasteiger partial charge is 0.405 e. The summed E-state index contributed by atoms with van der Waals surface area (Å²) in [4.78, 5) is 0. The minimum Gasteiger partial charge on any atom is -0.405 e. The molecule has 0 aliphatic carbocycles. The molecule has 0 fully saturated rings. The summed E-state index contributed by atoms with van der Waals surface area (Å²) in [5.41, 5.74) is 6.09. The van der Waals surface area contributed by atoms with Crippen molar-refractivity contribution in [2.24, 2.45) is 5.73 Å². The molecule has 0 rings (SSSR count). The van der Waals surface area contributed by atoms with E-state index in [-0.39, 0.29) is 0 Å². The number of nitrogens with two attached hydrogens (primary N) is 1. The molecular weight excluding hydrogens is 112 g/mol. The Morgan fingerprint density at radius 2 is 2.33 bits per heavy atom. The van der Waals surface area contributed by atoms with E-state index in [1.807, 2.05) is 13.1 Å². The fraction of sp³-hybridized carbons (Fsp3) is 0.143. The van der Waals surface area contributed by atoms with E-state index in [1.165, 1.54) is 6.20 Å². The Labute approximate surface area is 55.7 Å². The molecule has 0 amide bonds. The van der Waals surface area contributed by atoms with E-state index >= 15 is 0 Å². The van der Waals surface area contributed by atoms with Gasteiger partial charge in [0.05, 0.1) is 0 Å². The summed E-state index contributed by atoms with van der Waals surface area (Å²) in [6, 6.07) is 0. The van der Waals surface area contributed by atoms with Gasteiger partial charge in [-0.2, -0.15) is 0 Å². The summed E-state index contributed by atoms with van der Waals surface area (Å²) in [6.07, 6.45) is 6.78. The van der Waals surface area contributed by atoms with Crippen molar-refractivity contribution in [3.8, 4) is 0 Å². The van der Waals surface area contributed by atoms with Crippen LogP contribution < -0.4 is 11.1 Å². The fourth-order valence-corrected chi connectivity index (χ4v) is 0.453. The van der Waals surface area contributed by atoms with Crippen LogP contribution in [0.2, 0.25) is 0 Å². The lowest BCUT2D eigenvalue weighted by Gasteiger charge is -1.95. The van der Waals surface area contributed by atoms with Gasteiger partial charge in [0, 0.05) is 12.7 Å². The zero-order chi connectivity index (χ0) is 7.11. The molecule has 9 heavy (non-hydrogen) atoms. The van der Waals surface area contributed by atoms with Gasteiger partial charge in [0.25, 0.3) is 0 Å². The molecule has 0 spiro atoms. The number of rotatable bonds is 3. The van der Waals surface area contributed by atoms with Gasteiger partial charge in [-0.25, -0.2) is 0 Å². The molecule has 0 saturated heterocycles. The van der Waals surface area contributed by atoms with Crippen LogP contribution in [0.3, 0.4) is 0 Å². The molecule has 0 atom stereocenters. The molecule has 0 radical (unpaired) electrons. The Morgan fingerprint density at radius 1 is 1.67 bits per heavy atom. The quantitative estimate of drug-likeness (QED) is 0.545. The first-order chi connectivity index (χ1) is 4.35. The van der Waals surface area contributed by atoms with Crippen LogP contribution in [0, 0.1) is 0 Å². The number of nitrogens with one attached hydrogen (secondary N) is 1. The molecule has 0 unspecified atom stereocenters. The van der Waals surface area contributed by atoms with Gasteiger partial charge in [0.15, 0.2) is 0 Å². The van der Waals surface area contributed by atoms with Gasteiger partial charge in [0.1, 0.15) is 0 Å². The smallest absolute Gasteiger partial charge is 0.0351 e. The van der Waals surface area contributed by atoms with Crippen LogP contribution in [0.25, 0.3) is 0 Å². The molecule has 0 aromatic heterocycles. The van der Waals surface area contributed by atoms with Gasteiger partial charge in [0.2, 0.25) is 0 Å². The average molecular weight is 124 g/mol. The van der Waals surface area contributed by atoms with Gasteiger partial charge < -0.3 is 11.1 Å². The molecule has 0 bridgehead atoms. The van der Waals surface area contributed by atoms with Crippen molar-refractivity contribution < 1.29 is 0 Å². The van der Waals surface area contributed by atoms with Gasteiger partial charge in [-0.15, -0.1) is 0 Å². The molecule has 2 nitrogen and oxygen atoms in total. The highest BCUT2D eigenvalue weighted by molar-refractivity contribution is 5.19. The van der Waals surface area contributed by atoms with Crippen LogP contribution >= 0.6 is 0 Å². The van der Waals surface area contributed by atoms with Crippen LogP contribution in [0.4, 0.5) is 0 Å². The second-order valence-corrected chi connectivity index (χ2v) is 1.47. The molecule has 0 saturated carbocycles. The van der Waals surface area contributed by atoms with E-state index in [0.717, 1.165) is 5.70 Å². The first-order valence-corrected chi connectivity index (χ1v) is 2.74. The van der Waals surface area contributed by atoms with E-state index in [1.54, 1.807) is 12.2 Å². The second-order valence-electron chi connectivity index (χ2n) is 1.47. The molecule has 0 aliphatic heterocycles. The third-order valence-electron chi connectivity index (χ3n) is 0.862. The van der Waals surface area contributed by atoms with Gasteiger partial charge in [-0.3, -0.25) is 0 Å². The molecule has 0 heterocycles. The first kappa shape index (κ1) is 7.82. The van der Waals surface area contributed by atoms with Crippen LogP contribution in [-0.2, 0) is 0 Å². The standard InChI is InChI=1S/C7H12N2/c1-3-4-7(9-2)5-6-8/h3-6,9H,1,8H2,2H3/b6-5-,7-4+. The average Bonchev–Trinajstić information content (AvgIpc) is 1.88. The molecule has 50 valence electrons. The minimum atomic E-state index is 0.951. The Balaban J connectivity index is 3.96. The summed E-state index contributed by atoms with van der Waals surface area (Å²) in [5.74, 6) is 0. The highest BCUT2D eigenvalue weighted by Gasteiger charge is 1.78. The lowest BCUT2D eigenvalue weighted by atomic mass is 10.4. The number of likely N-dealkylation sites (N-methyl/N-ethyl adjacent to an activating group) is 1. The summed E-state index contributed by atoms with van der Waals surface area (Å²) in [5, 5.41) is 2.93. The summed E-state index contributed by atoms with van der Waals surface area (Å²) < 4.78 is 0. The van der Waals surface area contributed by atoms with Crippen molar-refractivity contribution in [3.63, 3.8) is 0 Å². The van der Waals surface area contributed by atoms with Crippen molar-refractivity contribution in [1.82, 2.24) is 5.32 Å².